The molecule has 28 heavy (non-hydrogen) atoms. The number of hydrogen-bond donors (Lipinski definition) is 1. The van der Waals surface area contributed by atoms with E-state index >= 15 is 0 Å². The van der Waals surface area contributed by atoms with E-state index in [1.165, 1.54) is 6.07 Å². The summed E-state index contributed by atoms with van der Waals surface area (Å²) in [6.45, 7) is 2.58. The van der Waals surface area contributed by atoms with Gasteiger partial charge in [0, 0.05) is 31.3 Å². The summed E-state index contributed by atoms with van der Waals surface area (Å²) in [5, 5.41) is 2.85. The number of nitrogens with one attached hydrogen (secondary N) is 1. The van der Waals surface area contributed by atoms with Crippen molar-refractivity contribution in [2.75, 3.05) is 6.54 Å². The number of fused-ring (bicyclic) bond motifs is 1. The van der Waals surface area contributed by atoms with Gasteiger partial charge in [-0.1, -0.05) is 37.6 Å². The van der Waals surface area contributed by atoms with Crippen LogP contribution in [0.25, 0.3) is 5.65 Å². The fourth-order valence-electron chi connectivity index (χ4n) is 3.20. The van der Waals surface area contributed by atoms with Crippen molar-refractivity contribution in [2.24, 2.45) is 0 Å². The van der Waals surface area contributed by atoms with Crippen LogP contribution in [-0.4, -0.2) is 21.8 Å². The fourth-order valence-corrected chi connectivity index (χ4v) is 3.20. The molecular formula is C21H22F3N3O. The summed E-state index contributed by atoms with van der Waals surface area (Å²) in [5.41, 5.74) is 1.07. The van der Waals surface area contributed by atoms with Crippen molar-refractivity contribution in [3.63, 3.8) is 0 Å². The van der Waals surface area contributed by atoms with Gasteiger partial charge >= 0.3 is 6.18 Å². The second-order valence-corrected chi connectivity index (χ2v) is 6.70. The Morgan fingerprint density at radius 3 is 2.79 bits per heavy atom. The van der Waals surface area contributed by atoms with Crippen molar-refractivity contribution in [3.8, 4) is 0 Å². The van der Waals surface area contributed by atoms with Crippen molar-refractivity contribution >= 4 is 11.6 Å². The average molecular weight is 389 g/mol. The van der Waals surface area contributed by atoms with Crippen molar-refractivity contribution in [1.82, 2.24) is 14.7 Å². The number of carbonyl (C=O) groups excluding carboxylic acids is 1. The van der Waals surface area contributed by atoms with E-state index in [4.69, 9.17) is 0 Å². The summed E-state index contributed by atoms with van der Waals surface area (Å²) in [6.07, 6.45) is 0.837. The van der Waals surface area contributed by atoms with E-state index < -0.39 is 17.7 Å². The minimum atomic E-state index is -4.44. The third-order valence-electron chi connectivity index (χ3n) is 4.66. The van der Waals surface area contributed by atoms with Crippen LogP contribution < -0.4 is 5.32 Å². The van der Waals surface area contributed by atoms with E-state index in [-0.39, 0.29) is 12.3 Å². The van der Waals surface area contributed by atoms with Gasteiger partial charge in [-0.15, -0.1) is 0 Å². The summed E-state index contributed by atoms with van der Waals surface area (Å²) in [7, 11) is 0. The molecule has 3 rings (SSSR count). The molecule has 0 aliphatic carbocycles. The van der Waals surface area contributed by atoms with Crippen LogP contribution in [0.15, 0.2) is 54.9 Å². The molecule has 0 radical (unpaired) electrons. The van der Waals surface area contributed by atoms with Crippen LogP contribution >= 0.6 is 0 Å². The van der Waals surface area contributed by atoms with Crippen LogP contribution in [0.5, 0.6) is 0 Å². The molecule has 1 atom stereocenters. The second-order valence-electron chi connectivity index (χ2n) is 6.70. The predicted octanol–water partition coefficient (Wildman–Crippen LogP) is 4.79. The maximum absolute atomic E-state index is 13.2. The molecule has 1 N–H and O–H groups in total. The van der Waals surface area contributed by atoms with E-state index in [1.54, 1.807) is 18.5 Å². The van der Waals surface area contributed by atoms with Gasteiger partial charge in [-0.3, -0.25) is 4.79 Å². The Bertz CT molecular complexity index is 949. The maximum atomic E-state index is 13.2. The zero-order valence-electron chi connectivity index (χ0n) is 15.5. The summed E-state index contributed by atoms with van der Waals surface area (Å²) >= 11 is 0. The first-order valence-corrected chi connectivity index (χ1v) is 9.26. The molecular weight excluding hydrogens is 367 g/mol. The first kappa shape index (κ1) is 19.9. The molecule has 1 unspecified atom stereocenters. The summed E-state index contributed by atoms with van der Waals surface area (Å²) in [4.78, 5) is 16.8. The van der Waals surface area contributed by atoms with Crippen molar-refractivity contribution in [2.45, 2.75) is 38.3 Å². The van der Waals surface area contributed by atoms with Crippen LogP contribution in [0, 0.1) is 0 Å². The lowest BCUT2D eigenvalue weighted by molar-refractivity contribution is -0.137. The van der Waals surface area contributed by atoms with Gasteiger partial charge in [0.2, 0.25) is 5.91 Å². The highest BCUT2D eigenvalue weighted by Gasteiger charge is 2.32. The van der Waals surface area contributed by atoms with Crippen molar-refractivity contribution < 1.29 is 18.0 Å². The molecule has 0 bridgehead atoms. The van der Waals surface area contributed by atoms with Gasteiger partial charge in [0.25, 0.3) is 0 Å². The second kappa shape index (κ2) is 8.46. The Morgan fingerprint density at radius 1 is 1.21 bits per heavy atom. The molecule has 0 saturated heterocycles. The highest BCUT2D eigenvalue weighted by atomic mass is 19.4. The van der Waals surface area contributed by atoms with Crippen LogP contribution in [0.1, 0.15) is 48.9 Å². The number of imidazole rings is 1. The summed E-state index contributed by atoms with van der Waals surface area (Å²) in [5.74, 6) is -0.733. The number of aromatic nitrogens is 2. The van der Waals surface area contributed by atoms with Gasteiger partial charge in [-0.05, 0) is 30.2 Å². The Kier molecular flexibility index (Phi) is 6.02. The standard InChI is InChI=1S/C21H22F3N3O/c1-2-3-10-25-20(28)13-17(15-7-6-8-16(12-15)21(22,23)24)18-14-26-19-9-4-5-11-27(18)19/h4-9,11-12,14,17H,2-3,10,13H2,1H3,(H,25,28). The molecule has 0 saturated carbocycles. The number of halogens is 3. The van der Waals surface area contributed by atoms with Crippen molar-refractivity contribution in [1.29, 1.82) is 0 Å². The highest BCUT2D eigenvalue weighted by Crippen LogP contribution is 2.34. The molecule has 4 nitrogen and oxygen atoms in total. The third kappa shape index (κ3) is 4.52. The first-order valence-electron chi connectivity index (χ1n) is 9.26. The molecule has 0 aliphatic heterocycles. The number of pyridine rings is 1. The highest BCUT2D eigenvalue weighted by molar-refractivity contribution is 5.77. The van der Waals surface area contributed by atoms with Gasteiger partial charge in [-0.25, -0.2) is 4.98 Å². The number of rotatable bonds is 7. The van der Waals surface area contributed by atoms with Gasteiger partial charge in [0.1, 0.15) is 5.65 Å². The maximum Gasteiger partial charge on any atom is 0.416 e. The largest absolute Gasteiger partial charge is 0.416 e. The van der Waals surface area contributed by atoms with Crippen molar-refractivity contribution in [3.05, 3.63) is 71.7 Å². The number of nitrogens with zero attached hydrogens (tertiary/aromatic N) is 2. The van der Waals surface area contributed by atoms with Gasteiger partial charge in [-0.2, -0.15) is 13.2 Å². The monoisotopic (exact) mass is 389 g/mol. The molecule has 0 spiro atoms. The van der Waals surface area contributed by atoms with Gasteiger partial charge < -0.3 is 9.72 Å². The number of carbonyl (C=O) groups is 1. The topological polar surface area (TPSA) is 46.4 Å². The van der Waals surface area contributed by atoms with E-state index in [0.717, 1.165) is 25.0 Å². The molecule has 7 heteroatoms. The van der Waals surface area contributed by atoms with E-state index in [0.29, 0.717) is 23.4 Å². The summed E-state index contributed by atoms with van der Waals surface area (Å²) in [6, 6.07) is 10.6. The third-order valence-corrected chi connectivity index (χ3v) is 4.66. The Labute approximate surface area is 161 Å². The summed E-state index contributed by atoms with van der Waals surface area (Å²) < 4.78 is 41.4. The predicted molar refractivity (Wildman–Crippen MR) is 101 cm³/mol. The normalized spacial score (nSPS) is 12.9. The van der Waals surface area contributed by atoms with Crippen LogP contribution in [0.2, 0.25) is 0 Å². The van der Waals surface area contributed by atoms with E-state index in [1.807, 2.05) is 29.5 Å². The minimum absolute atomic E-state index is 0.0493. The molecule has 3 aromatic rings. The quantitative estimate of drug-likeness (QED) is 0.591. The lowest BCUT2D eigenvalue weighted by Crippen LogP contribution is -2.26. The molecule has 148 valence electrons. The number of alkyl halides is 3. The Hall–Kier alpha value is -2.83. The number of amides is 1. The van der Waals surface area contributed by atoms with E-state index in [2.05, 4.69) is 10.3 Å². The zero-order valence-corrected chi connectivity index (χ0v) is 15.5. The SMILES string of the molecule is CCCCNC(=O)CC(c1cccc(C(F)(F)F)c1)c1cnc2ccccn12. The number of benzene rings is 1. The number of unbranched alkanes of at least 4 members (excludes halogenated alkanes) is 1. The van der Waals surface area contributed by atoms with E-state index in [9.17, 15) is 18.0 Å². The lowest BCUT2D eigenvalue weighted by Gasteiger charge is -2.19. The Balaban J connectivity index is 1.99. The smallest absolute Gasteiger partial charge is 0.356 e. The molecule has 2 aromatic heterocycles. The van der Waals surface area contributed by atoms with Crippen LogP contribution in [0.3, 0.4) is 0 Å². The molecule has 1 aromatic carbocycles. The van der Waals surface area contributed by atoms with Gasteiger partial charge in [0.05, 0.1) is 11.3 Å². The van der Waals surface area contributed by atoms with Gasteiger partial charge in [0.15, 0.2) is 0 Å². The number of hydrogen-bond acceptors (Lipinski definition) is 2. The average Bonchev–Trinajstić information content (AvgIpc) is 3.10. The van der Waals surface area contributed by atoms with Crippen LogP contribution in [0.4, 0.5) is 13.2 Å². The lowest BCUT2D eigenvalue weighted by atomic mass is 9.91. The molecule has 0 fully saturated rings. The zero-order chi connectivity index (χ0) is 20.1. The first-order chi connectivity index (χ1) is 13.4. The molecule has 0 aliphatic rings. The Morgan fingerprint density at radius 2 is 2.04 bits per heavy atom. The molecule has 1 amide bonds. The molecule has 2 heterocycles. The van der Waals surface area contributed by atoms with Crippen LogP contribution in [-0.2, 0) is 11.0 Å². The minimum Gasteiger partial charge on any atom is -0.356 e. The fraction of sp³-hybridized carbons (Fsp3) is 0.333.